The lowest BCUT2D eigenvalue weighted by atomic mass is 10.3. The van der Waals surface area contributed by atoms with E-state index < -0.39 is 0 Å². The first-order valence-corrected chi connectivity index (χ1v) is 5.69. The van der Waals surface area contributed by atoms with Gasteiger partial charge in [-0.15, -0.1) is 5.10 Å². The molecular weight excluding hydrogens is 244 g/mol. The Balaban J connectivity index is 2.27. The number of nitrogens with one attached hydrogen (secondary N) is 1. The Morgan fingerprint density at radius 3 is 2.95 bits per heavy atom. The number of aromatic nitrogens is 6. The zero-order valence-corrected chi connectivity index (χ0v) is 9.69. The highest BCUT2D eigenvalue weighted by Crippen LogP contribution is 2.17. The molecule has 3 aromatic heterocycles. The van der Waals surface area contributed by atoms with Crippen LogP contribution in [0, 0.1) is 0 Å². The second-order valence-electron chi connectivity index (χ2n) is 4.08. The van der Waals surface area contributed by atoms with Gasteiger partial charge in [-0.2, -0.15) is 0 Å². The second-order valence-corrected chi connectivity index (χ2v) is 4.08. The number of H-pyrrole nitrogens is 1. The molecule has 7 heteroatoms. The quantitative estimate of drug-likeness (QED) is 0.542. The molecular formula is C12H8N6O. The maximum Gasteiger partial charge on any atom is 0.348 e. The molecule has 0 bridgehead atoms. The summed E-state index contributed by atoms with van der Waals surface area (Å²) < 4.78 is 3.24. The summed E-state index contributed by atoms with van der Waals surface area (Å²) in [6, 6.07) is 7.43. The Kier molecular flexibility index (Phi) is 1.85. The Labute approximate surface area is 106 Å². The number of imidazole rings is 1. The summed E-state index contributed by atoms with van der Waals surface area (Å²) in [4.78, 5) is 20.4. The molecule has 1 N–H and O–H groups in total. The van der Waals surface area contributed by atoms with Gasteiger partial charge in [0.2, 0.25) is 5.65 Å². The van der Waals surface area contributed by atoms with Crippen LogP contribution in [0.25, 0.3) is 22.5 Å². The molecule has 0 aliphatic rings. The summed E-state index contributed by atoms with van der Waals surface area (Å²) in [5, 5.41) is 6.49. The van der Waals surface area contributed by atoms with Crippen LogP contribution in [0.3, 0.4) is 0 Å². The van der Waals surface area contributed by atoms with Crippen molar-refractivity contribution in [1.82, 2.24) is 29.1 Å². The minimum Gasteiger partial charge on any atom is -0.287 e. The predicted octanol–water partition coefficient (Wildman–Crippen LogP) is 0.756. The van der Waals surface area contributed by atoms with Gasteiger partial charge in [0.05, 0.1) is 11.0 Å². The fraction of sp³-hybridized carbons (Fsp3) is 0. The van der Waals surface area contributed by atoms with Gasteiger partial charge in [-0.1, -0.05) is 12.1 Å². The fourth-order valence-electron chi connectivity index (χ4n) is 2.14. The van der Waals surface area contributed by atoms with Crippen molar-refractivity contribution in [3.05, 3.63) is 53.5 Å². The van der Waals surface area contributed by atoms with E-state index >= 15 is 0 Å². The first kappa shape index (κ1) is 10.0. The number of para-hydroxylation sites is 2. The van der Waals surface area contributed by atoms with Gasteiger partial charge in [-0.25, -0.2) is 24.3 Å². The van der Waals surface area contributed by atoms with Crippen LogP contribution in [-0.2, 0) is 0 Å². The molecule has 0 atom stereocenters. The highest BCUT2D eigenvalue weighted by molar-refractivity contribution is 5.80. The van der Waals surface area contributed by atoms with Crippen molar-refractivity contribution < 1.29 is 0 Å². The molecule has 0 radical (unpaired) electrons. The molecule has 0 unspecified atom stereocenters. The lowest BCUT2D eigenvalue weighted by Crippen LogP contribution is -2.12. The van der Waals surface area contributed by atoms with Gasteiger partial charge in [-0.05, 0) is 12.1 Å². The highest BCUT2D eigenvalue weighted by atomic mass is 16.1. The third-order valence-electron chi connectivity index (χ3n) is 2.97. The predicted molar refractivity (Wildman–Crippen MR) is 68.2 cm³/mol. The fourth-order valence-corrected chi connectivity index (χ4v) is 2.14. The highest BCUT2D eigenvalue weighted by Gasteiger charge is 2.13. The van der Waals surface area contributed by atoms with E-state index in [0.29, 0.717) is 11.5 Å². The number of benzene rings is 1. The molecule has 4 rings (SSSR count). The van der Waals surface area contributed by atoms with E-state index in [-0.39, 0.29) is 5.69 Å². The maximum absolute atomic E-state index is 11.9. The van der Waals surface area contributed by atoms with Crippen molar-refractivity contribution in [2.75, 3.05) is 0 Å². The topological polar surface area (TPSA) is 80.9 Å². The number of hydrogen-bond acceptors (Lipinski definition) is 4. The summed E-state index contributed by atoms with van der Waals surface area (Å²) in [6.45, 7) is 0. The number of rotatable bonds is 1. The van der Waals surface area contributed by atoms with E-state index in [4.69, 9.17) is 0 Å². The summed E-state index contributed by atoms with van der Waals surface area (Å²) in [5.74, 6) is 0.564. The van der Waals surface area contributed by atoms with Gasteiger partial charge in [0.1, 0.15) is 6.33 Å². The van der Waals surface area contributed by atoms with Gasteiger partial charge < -0.3 is 0 Å². The monoisotopic (exact) mass is 252 g/mol. The molecule has 3 heterocycles. The third-order valence-corrected chi connectivity index (χ3v) is 2.97. The SMILES string of the molecule is O=c1[nH]nc2c(-n3ccnc3)nc3ccccc3n12. The van der Waals surface area contributed by atoms with Crippen LogP contribution >= 0.6 is 0 Å². The molecule has 4 aromatic rings. The van der Waals surface area contributed by atoms with Crippen molar-refractivity contribution in [2.24, 2.45) is 0 Å². The largest absolute Gasteiger partial charge is 0.348 e. The van der Waals surface area contributed by atoms with Crippen LogP contribution < -0.4 is 5.69 Å². The van der Waals surface area contributed by atoms with E-state index in [1.807, 2.05) is 24.3 Å². The van der Waals surface area contributed by atoms with Crippen molar-refractivity contribution >= 4 is 16.7 Å². The zero-order chi connectivity index (χ0) is 12.8. The molecule has 7 nitrogen and oxygen atoms in total. The first-order chi connectivity index (χ1) is 9.34. The number of aromatic amines is 1. The molecule has 0 aliphatic carbocycles. The maximum atomic E-state index is 11.9. The van der Waals surface area contributed by atoms with Crippen molar-refractivity contribution in [1.29, 1.82) is 0 Å². The van der Waals surface area contributed by atoms with Gasteiger partial charge in [0, 0.05) is 12.4 Å². The Hall–Kier alpha value is -2.96. The van der Waals surface area contributed by atoms with Crippen molar-refractivity contribution in [3.63, 3.8) is 0 Å². The Morgan fingerprint density at radius 2 is 2.11 bits per heavy atom. The minimum absolute atomic E-state index is 0.282. The second kappa shape index (κ2) is 3.52. The Morgan fingerprint density at radius 1 is 1.21 bits per heavy atom. The molecule has 0 saturated carbocycles. The van der Waals surface area contributed by atoms with Crippen LogP contribution in [0.5, 0.6) is 0 Å². The molecule has 1 aromatic carbocycles. The molecule has 0 saturated heterocycles. The number of hydrogen-bond donors (Lipinski definition) is 1. The standard InChI is InChI=1S/C12H8N6O/c19-12-16-15-11-10(17-6-5-13-7-17)14-8-3-1-2-4-9(8)18(11)12/h1-7H,(H,16,19). The first-order valence-electron chi connectivity index (χ1n) is 5.69. The van der Waals surface area contributed by atoms with Gasteiger partial charge >= 0.3 is 5.69 Å². The normalized spacial score (nSPS) is 11.4. The van der Waals surface area contributed by atoms with Gasteiger partial charge in [-0.3, -0.25) is 4.57 Å². The van der Waals surface area contributed by atoms with Crippen LogP contribution in [0.1, 0.15) is 0 Å². The average molecular weight is 252 g/mol. The van der Waals surface area contributed by atoms with Crippen molar-refractivity contribution in [3.8, 4) is 5.82 Å². The van der Waals surface area contributed by atoms with Crippen LogP contribution in [0.15, 0.2) is 47.8 Å². The lowest BCUT2D eigenvalue weighted by molar-refractivity contribution is 0.989. The summed E-state index contributed by atoms with van der Waals surface area (Å²) in [6.07, 6.45) is 5.03. The molecule has 92 valence electrons. The average Bonchev–Trinajstić information content (AvgIpc) is 3.08. The smallest absolute Gasteiger partial charge is 0.287 e. The lowest BCUT2D eigenvalue weighted by Gasteiger charge is -2.05. The summed E-state index contributed by atoms with van der Waals surface area (Å²) in [7, 11) is 0. The minimum atomic E-state index is -0.282. The van der Waals surface area contributed by atoms with E-state index in [1.54, 1.807) is 23.3 Å². The van der Waals surface area contributed by atoms with Gasteiger partial charge in [0.25, 0.3) is 0 Å². The van der Waals surface area contributed by atoms with Crippen LogP contribution in [-0.4, -0.2) is 29.1 Å². The van der Waals surface area contributed by atoms with E-state index in [9.17, 15) is 4.79 Å². The van der Waals surface area contributed by atoms with E-state index in [1.165, 1.54) is 4.40 Å². The van der Waals surface area contributed by atoms with E-state index in [2.05, 4.69) is 20.2 Å². The summed E-state index contributed by atoms with van der Waals surface area (Å²) >= 11 is 0. The van der Waals surface area contributed by atoms with Gasteiger partial charge in [0.15, 0.2) is 5.82 Å². The number of fused-ring (bicyclic) bond motifs is 3. The third kappa shape index (κ3) is 1.32. The van der Waals surface area contributed by atoms with Crippen LogP contribution in [0.4, 0.5) is 0 Å². The molecule has 0 amide bonds. The van der Waals surface area contributed by atoms with E-state index in [0.717, 1.165) is 11.0 Å². The molecule has 0 spiro atoms. The summed E-state index contributed by atoms with van der Waals surface area (Å²) in [5.41, 5.74) is 1.64. The molecule has 0 aliphatic heterocycles. The number of nitrogens with zero attached hydrogens (tertiary/aromatic N) is 5. The van der Waals surface area contributed by atoms with Crippen LogP contribution in [0.2, 0.25) is 0 Å². The Bertz CT molecular complexity index is 934. The molecule has 0 fully saturated rings. The molecule has 19 heavy (non-hydrogen) atoms. The zero-order valence-electron chi connectivity index (χ0n) is 9.69. The van der Waals surface area contributed by atoms with Crippen molar-refractivity contribution in [2.45, 2.75) is 0 Å².